The summed E-state index contributed by atoms with van der Waals surface area (Å²) in [5, 5.41) is 19.9. The molecule has 4 aliphatic rings. The zero-order valence-electron chi connectivity index (χ0n) is 42.3. The summed E-state index contributed by atoms with van der Waals surface area (Å²) in [6, 6.07) is 28.4. The fourth-order valence-electron chi connectivity index (χ4n) is 11.2. The highest BCUT2D eigenvalue weighted by molar-refractivity contribution is 8.93. The summed E-state index contributed by atoms with van der Waals surface area (Å²) in [4.78, 5) is 82.4. The number of nitrogens with zero attached hydrogens (tertiary/aromatic N) is 4. The minimum Gasteiger partial charge on any atom is -0.503 e. The third-order valence-electron chi connectivity index (χ3n) is 15.1. The maximum atomic E-state index is 14.6. The molecule has 4 aromatic carbocycles. The summed E-state index contributed by atoms with van der Waals surface area (Å²) in [5.74, 6) is -3.68. The molecule has 2 spiro atoms. The standard InChI is InChI=1S/C36H34ClFN2O5.C22H22ClFN2O5.BrH/c1-39-23-36(17-26(18-36)21-44-20-24-9-4-2-5-10-24)40-19-28(30(41)16-15-27-13-8-14-29(37)31(27)38)33(42)34(32(40)35(39)43)45-22-25-11-6-3-7-12-25;1-25-11-22(7-12(8-22)10-27)26-9-14(19(29)20(30)18(26)21(25)31)16(28)6-5-13-3-2-4-15(23)17(13)24;/h2-14,19,26H,15-18,20-23H2,1H3;2-4,9,12,27,30H,5-8,10-11H2,1H3;1H. The second kappa shape index (κ2) is 23.6. The van der Waals surface area contributed by atoms with Crippen LogP contribution in [0.4, 0.5) is 8.78 Å². The first-order valence-corrected chi connectivity index (χ1v) is 25.8. The van der Waals surface area contributed by atoms with Gasteiger partial charge in [-0.1, -0.05) is 108 Å². The number of rotatable bonds is 16. The molecule has 4 heterocycles. The van der Waals surface area contributed by atoms with E-state index < -0.39 is 56.8 Å². The summed E-state index contributed by atoms with van der Waals surface area (Å²) in [6.07, 6.45) is 5.21. The van der Waals surface area contributed by atoms with Crippen LogP contribution in [-0.2, 0) is 41.9 Å². The Morgan fingerprint density at radius 3 is 1.60 bits per heavy atom. The van der Waals surface area contributed by atoms with E-state index in [0.29, 0.717) is 57.6 Å². The molecule has 0 saturated heterocycles. The lowest BCUT2D eigenvalue weighted by Gasteiger charge is -2.54. The lowest BCUT2D eigenvalue weighted by Crippen LogP contribution is -2.60. The van der Waals surface area contributed by atoms with Crippen LogP contribution < -0.4 is 15.6 Å². The van der Waals surface area contributed by atoms with Gasteiger partial charge >= 0.3 is 0 Å². The van der Waals surface area contributed by atoms with Gasteiger partial charge in [0.1, 0.15) is 18.2 Å². The van der Waals surface area contributed by atoms with Crippen LogP contribution in [0.25, 0.3) is 0 Å². The molecule has 0 unspecified atom stereocenters. The first kappa shape index (κ1) is 56.7. The van der Waals surface area contributed by atoms with E-state index in [1.54, 1.807) is 41.8 Å². The molecule has 404 valence electrons. The van der Waals surface area contributed by atoms with E-state index in [9.17, 15) is 47.8 Å². The molecule has 2 amide bonds. The third kappa shape index (κ3) is 11.4. The summed E-state index contributed by atoms with van der Waals surface area (Å²) in [6.45, 7) is 1.88. The minimum atomic E-state index is -0.917. The third-order valence-corrected chi connectivity index (χ3v) is 15.6. The number of hydrogen-bond acceptors (Lipinski definition) is 10. The fourth-order valence-corrected chi connectivity index (χ4v) is 11.6. The topological polar surface area (TPSA) is 178 Å². The van der Waals surface area contributed by atoms with Crippen LogP contribution in [0.2, 0.25) is 10.0 Å². The second-order valence-electron chi connectivity index (χ2n) is 20.4. The molecule has 2 fully saturated rings. The molecule has 6 aromatic rings. The average molecular weight is 1160 g/mol. The highest BCUT2D eigenvalue weighted by atomic mass is 79.9. The monoisotopic (exact) mass is 1160 g/mol. The van der Waals surface area contributed by atoms with Crippen molar-refractivity contribution in [2.45, 2.75) is 75.7 Å². The predicted octanol–water partition coefficient (Wildman–Crippen LogP) is 9.37. The predicted molar refractivity (Wildman–Crippen MR) is 291 cm³/mol. The number of pyridine rings is 2. The Kier molecular flexibility index (Phi) is 17.4. The Labute approximate surface area is 463 Å². The van der Waals surface area contributed by atoms with Crippen molar-refractivity contribution >= 4 is 63.6 Å². The number of carbonyl (C=O) groups is 4. The number of aromatic nitrogens is 2. The number of ketones is 2. The number of ether oxygens (including phenoxy) is 2. The molecule has 77 heavy (non-hydrogen) atoms. The van der Waals surface area contributed by atoms with Crippen LogP contribution in [0, 0.1) is 23.5 Å². The number of hydrogen-bond donors (Lipinski definition) is 2. The summed E-state index contributed by atoms with van der Waals surface area (Å²) in [5.41, 5.74) is -0.546. The number of Topliss-reactive ketones (excluding diaryl/α,β-unsaturated/α-hetero) is 2. The first-order chi connectivity index (χ1) is 36.4. The molecule has 0 bridgehead atoms. The van der Waals surface area contributed by atoms with Gasteiger partial charge in [0, 0.05) is 59.0 Å². The molecule has 14 nitrogen and oxygen atoms in total. The molecule has 2 aromatic heterocycles. The maximum absolute atomic E-state index is 14.6. The lowest BCUT2D eigenvalue weighted by atomic mass is 9.67. The highest BCUT2D eigenvalue weighted by Gasteiger charge is 2.53. The zero-order valence-corrected chi connectivity index (χ0v) is 45.5. The molecule has 2 saturated carbocycles. The van der Waals surface area contributed by atoms with E-state index in [-0.39, 0.29) is 117 Å². The Hall–Kier alpha value is -6.50. The van der Waals surface area contributed by atoms with E-state index in [1.165, 1.54) is 40.1 Å². The van der Waals surface area contributed by atoms with Gasteiger partial charge in [-0.05, 0) is 84.7 Å². The van der Waals surface area contributed by atoms with Crippen LogP contribution >= 0.6 is 40.2 Å². The van der Waals surface area contributed by atoms with Crippen LogP contribution in [0.15, 0.2) is 119 Å². The number of fused-ring (bicyclic) bond motifs is 4. The number of aliphatic hydroxyl groups excluding tert-OH is 1. The van der Waals surface area contributed by atoms with E-state index >= 15 is 0 Å². The summed E-state index contributed by atoms with van der Waals surface area (Å²) in [7, 11) is 3.30. The van der Waals surface area contributed by atoms with Crippen molar-refractivity contribution in [1.82, 2.24) is 18.9 Å². The SMILES string of the molecule is Br.CN1CC2(CC(CO)C2)n2cc(C(=O)CCc3cccc(Cl)c3F)c(=O)c(O)c2C1=O.CN1CC2(CC(COCc3ccccc3)C2)n2cc(C(=O)CCc3cccc(Cl)c3F)c(=O)c(OCc3ccccc3)c2C1=O. The van der Waals surface area contributed by atoms with Crippen molar-refractivity contribution < 1.29 is 47.6 Å². The van der Waals surface area contributed by atoms with Crippen molar-refractivity contribution in [3.8, 4) is 11.5 Å². The number of halogens is 5. The largest absolute Gasteiger partial charge is 0.503 e. The summed E-state index contributed by atoms with van der Waals surface area (Å²) >= 11 is 11.7. The molecule has 19 heteroatoms. The van der Waals surface area contributed by atoms with Gasteiger partial charge in [0.25, 0.3) is 11.8 Å². The first-order valence-electron chi connectivity index (χ1n) is 25.1. The van der Waals surface area contributed by atoms with E-state index in [1.807, 2.05) is 60.7 Å². The van der Waals surface area contributed by atoms with Gasteiger partial charge < -0.3 is 38.6 Å². The zero-order chi connectivity index (χ0) is 54.1. The molecule has 2 N–H and O–H groups in total. The Morgan fingerprint density at radius 1 is 0.636 bits per heavy atom. The Morgan fingerprint density at radius 2 is 1.09 bits per heavy atom. The number of amides is 2. The lowest BCUT2D eigenvalue weighted by molar-refractivity contribution is -0.0324. The van der Waals surface area contributed by atoms with Gasteiger partial charge in [0.15, 0.2) is 34.5 Å². The minimum absolute atomic E-state index is 0. The fraction of sp³-hybridized carbons (Fsp3) is 0.345. The van der Waals surface area contributed by atoms with E-state index in [4.69, 9.17) is 32.7 Å². The number of carbonyl (C=O) groups excluding carboxylic acids is 4. The molecule has 2 aliphatic carbocycles. The van der Waals surface area contributed by atoms with Gasteiger partial charge in [0.2, 0.25) is 10.9 Å². The van der Waals surface area contributed by atoms with Crippen molar-refractivity contribution in [3.63, 3.8) is 0 Å². The second-order valence-corrected chi connectivity index (χ2v) is 21.2. The van der Waals surface area contributed by atoms with Crippen LogP contribution in [0.3, 0.4) is 0 Å². The van der Waals surface area contributed by atoms with E-state index in [2.05, 4.69) is 0 Å². The van der Waals surface area contributed by atoms with Gasteiger partial charge in [-0.25, -0.2) is 8.78 Å². The van der Waals surface area contributed by atoms with Crippen molar-refractivity contribution in [1.29, 1.82) is 0 Å². The molecule has 0 radical (unpaired) electrons. The highest BCUT2D eigenvalue weighted by Crippen LogP contribution is 2.49. The van der Waals surface area contributed by atoms with Crippen molar-refractivity contribution in [2.24, 2.45) is 11.8 Å². The Balaban J connectivity index is 0.000000215. The number of benzene rings is 4. The van der Waals surface area contributed by atoms with Crippen LogP contribution in [0.1, 0.15) is 102 Å². The van der Waals surface area contributed by atoms with Crippen molar-refractivity contribution in [3.05, 3.63) is 196 Å². The van der Waals surface area contributed by atoms with Crippen LogP contribution in [-0.4, -0.2) is 92.9 Å². The Bertz CT molecular complexity index is 3350. The molecule has 10 rings (SSSR count). The van der Waals surface area contributed by atoms with Gasteiger partial charge in [-0.15, -0.1) is 17.0 Å². The number of aliphatic hydroxyl groups is 1. The number of likely N-dealkylation sites (N-methyl/N-ethyl adjacent to an activating group) is 2. The van der Waals surface area contributed by atoms with Gasteiger partial charge in [-0.3, -0.25) is 28.8 Å². The smallest absolute Gasteiger partial charge is 0.274 e. The van der Waals surface area contributed by atoms with Gasteiger partial charge in [-0.2, -0.15) is 0 Å². The molecule has 0 atom stereocenters. The van der Waals surface area contributed by atoms with E-state index in [0.717, 1.165) is 11.1 Å². The summed E-state index contributed by atoms with van der Waals surface area (Å²) < 4.78 is 44.1. The van der Waals surface area contributed by atoms with Gasteiger partial charge in [0.05, 0.1) is 45.5 Å². The molecule has 2 aliphatic heterocycles. The normalized spacial score (nSPS) is 20.0. The maximum Gasteiger partial charge on any atom is 0.274 e. The molecular formula is C58H57BrCl2F2N4O10. The van der Waals surface area contributed by atoms with Crippen LogP contribution in [0.5, 0.6) is 11.5 Å². The average Bonchev–Trinajstić information content (AvgIpc) is 3.48. The molecular weight excluding hydrogens is 1100 g/mol. The number of aromatic hydroxyl groups is 1. The quantitative estimate of drug-likeness (QED) is 0.0888. The number of aryl methyl sites for hydroxylation is 2. The van der Waals surface area contributed by atoms with Crippen molar-refractivity contribution in [2.75, 3.05) is 40.4 Å².